The molecule has 3 heterocycles. The molecule has 9 atom stereocenters. The predicted octanol–water partition coefficient (Wildman–Crippen LogP) is 3.99. The number of esters is 1. The predicted molar refractivity (Wildman–Crippen MR) is 114 cm³/mol. The zero-order valence-corrected chi connectivity index (χ0v) is 19.4. The lowest BCUT2D eigenvalue weighted by molar-refractivity contribution is -0.246. The normalized spacial score (nSPS) is 52.9. The second kappa shape index (κ2) is 5.76. The fourth-order valence-corrected chi connectivity index (χ4v) is 8.86. The van der Waals surface area contributed by atoms with Gasteiger partial charge in [-0.3, -0.25) is 4.79 Å². The molecule has 6 heteroatoms. The van der Waals surface area contributed by atoms with E-state index in [4.69, 9.17) is 13.9 Å². The summed E-state index contributed by atoms with van der Waals surface area (Å²) in [6.07, 6.45) is 7.39. The molecule has 1 aromatic rings. The fraction of sp³-hybridized carbons (Fsp3) is 0.692. The van der Waals surface area contributed by atoms with Gasteiger partial charge in [0.05, 0.1) is 18.6 Å². The third-order valence-electron chi connectivity index (χ3n) is 10.6. The number of epoxide rings is 1. The number of hydrogen-bond donors (Lipinski definition) is 1. The van der Waals surface area contributed by atoms with Gasteiger partial charge in [0, 0.05) is 21.8 Å². The van der Waals surface area contributed by atoms with Crippen LogP contribution in [0.25, 0.3) is 0 Å². The molecule has 172 valence electrons. The van der Waals surface area contributed by atoms with Crippen molar-refractivity contribution in [2.45, 2.75) is 77.8 Å². The van der Waals surface area contributed by atoms with Crippen molar-refractivity contribution in [3.63, 3.8) is 0 Å². The average Bonchev–Trinajstić information content (AvgIpc) is 3.30. The Morgan fingerprint density at radius 2 is 1.81 bits per heavy atom. The molecule has 1 aromatic heterocycles. The highest BCUT2D eigenvalue weighted by atomic mass is 16.7. The third-order valence-corrected chi connectivity index (χ3v) is 10.6. The van der Waals surface area contributed by atoms with Crippen LogP contribution < -0.4 is 0 Å². The summed E-state index contributed by atoms with van der Waals surface area (Å²) in [4.78, 5) is 25.8. The Hall–Kier alpha value is -1.92. The number of cyclic esters (lactones) is 1. The number of aliphatic hydroxyl groups excluding tert-OH is 1. The first kappa shape index (κ1) is 20.7. The SMILES string of the molecule is CC1(C)C(=O)C=C[C@]2(C)[C@H]1C[C@@H](O)[C@]1(C)[C@H]2CC[C@@]2(C)[C@H](c3ccoc3)OC(=O)[C@H]3O[C@]312. The number of ketones is 1. The van der Waals surface area contributed by atoms with Crippen LogP contribution >= 0.6 is 0 Å². The maximum absolute atomic E-state index is 13.0. The van der Waals surface area contributed by atoms with Gasteiger partial charge in [0.1, 0.15) is 11.7 Å². The van der Waals surface area contributed by atoms with E-state index < -0.39 is 40.2 Å². The molecule has 1 N–H and O–H groups in total. The van der Waals surface area contributed by atoms with Gasteiger partial charge in [-0.05, 0) is 48.7 Å². The highest BCUT2D eigenvalue weighted by molar-refractivity contribution is 5.95. The largest absolute Gasteiger partial charge is 0.472 e. The lowest BCUT2D eigenvalue weighted by Crippen LogP contribution is -2.72. The molecule has 6 nitrogen and oxygen atoms in total. The lowest BCUT2D eigenvalue weighted by atomic mass is 9.36. The van der Waals surface area contributed by atoms with E-state index in [0.717, 1.165) is 18.4 Å². The van der Waals surface area contributed by atoms with Crippen molar-refractivity contribution in [2.24, 2.45) is 33.5 Å². The Bertz CT molecular complexity index is 1040. The van der Waals surface area contributed by atoms with Crippen LogP contribution in [0.2, 0.25) is 0 Å². The number of carbonyl (C=O) groups excluding carboxylic acids is 2. The molecular formula is C26H32O6. The number of allylic oxidation sites excluding steroid dienone is 2. The van der Waals surface area contributed by atoms with Crippen LogP contribution in [-0.4, -0.2) is 34.7 Å². The molecule has 1 spiro atoms. The molecule has 32 heavy (non-hydrogen) atoms. The number of carbonyl (C=O) groups is 2. The molecule has 3 aliphatic carbocycles. The second-order valence-electron chi connectivity index (χ2n) is 12.0. The summed E-state index contributed by atoms with van der Waals surface area (Å²) in [6, 6.07) is 1.85. The average molecular weight is 441 g/mol. The smallest absolute Gasteiger partial charge is 0.339 e. The number of ether oxygens (including phenoxy) is 2. The van der Waals surface area contributed by atoms with E-state index in [-0.39, 0.29) is 29.0 Å². The van der Waals surface area contributed by atoms with Gasteiger partial charge >= 0.3 is 5.97 Å². The zero-order valence-electron chi connectivity index (χ0n) is 19.4. The molecular weight excluding hydrogens is 408 g/mol. The van der Waals surface area contributed by atoms with Gasteiger partial charge in [0.15, 0.2) is 11.9 Å². The quantitative estimate of drug-likeness (QED) is 0.525. The molecule has 0 amide bonds. The van der Waals surface area contributed by atoms with E-state index in [1.54, 1.807) is 18.6 Å². The third kappa shape index (κ3) is 1.98. The van der Waals surface area contributed by atoms with Crippen LogP contribution in [0.4, 0.5) is 0 Å². The molecule has 2 saturated carbocycles. The standard InChI is InChI=1S/C26H32O6/c1-22(2)16-12-18(28)25(5)15(23(16,3)9-7-17(22)27)6-10-24(4)19(14-8-11-30-13-14)31-21(29)20-26(24,25)32-20/h7-9,11,13,15-16,18-20,28H,6,10,12H2,1-5H3/t15-,16-,18+,19-,20+,23-,24-,25-,26-/m0/s1. The van der Waals surface area contributed by atoms with E-state index in [2.05, 4.69) is 26.8 Å². The van der Waals surface area contributed by atoms with Crippen molar-refractivity contribution in [1.29, 1.82) is 0 Å². The minimum atomic E-state index is -0.812. The van der Waals surface area contributed by atoms with Gasteiger partial charge in [0.25, 0.3) is 0 Å². The van der Waals surface area contributed by atoms with Crippen LogP contribution in [0.1, 0.15) is 65.5 Å². The van der Waals surface area contributed by atoms with E-state index in [0.29, 0.717) is 6.42 Å². The monoisotopic (exact) mass is 440 g/mol. The number of rotatable bonds is 1. The van der Waals surface area contributed by atoms with Gasteiger partial charge in [-0.2, -0.15) is 0 Å². The molecule has 0 radical (unpaired) electrons. The Kier molecular flexibility index (Phi) is 3.72. The molecule has 0 unspecified atom stereocenters. The Balaban J connectivity index is 1.52. The van der Waals surface area contributed by atoms with Crippen molar-refractivity contribution in [2.75, 3.05) is 0 Å². The summed E-state index contributed by atoms with van der Waals surface area (Å²) in [5.74, 6) is -0.138. The number of hydrogen-bond acceptors (Lipinski definition) is 6. The molecule has 0 aromatic carbocycles. The van der Waals surface area contributed by atoms with Gasteiger partial charge in [-0.15, -0.1) is 0 Å². The Morgan fingerprint density at radius 3 is 2.50 bits per heavy atom. The maximum atomic E-state index is 13.0. The molecule has 6 rings (SSSR count). The minimum Gasteiger partial charge on any atom is -0.472 e. The van der Waals surface area contributed by atoms with Crippen molar-refractivity contribution in [3.05, 3.63) is 36.3 Å². The van der Waals surface area contributed by atoms with Crippen LogP contribution in [0.15, 0.2) is 35.2 Å². The van der Waals surface area contributed by atoms with Crippen molar-refractivity contribution in [1.82, 2.24) is 0 Å². The first-order chi connectivity index (χ1) is 14.9. The second-order valence-corrected chi connectivity index (χ2v) is 12.0. The van der Waals surface area contributed by atoms with Crippen LogP contribution in [0.3, 0.4) is 0 Å². The van der Waals surface area contributed by atoms with Crippen LogP contribution in [0.5, 0.6) is 0 Å². The summed E-state index contributed by atoms with van der Waals surface area (Å²) in [5, 5.41) is 11.8. The Labute approximate surface area is 188 Å². The lowest BCUT2D eigenvalue weighted by Gasteiger charge is -2.68. The number of furan rings is 1. The zero-order chi connectivity index (χ0) is 22.9. The molecule has 2 aliphatic heterocycles. The highest BCUT2D eigenvalue weighted by Gasteiger charge is 2.87. The topological polar surface area (TPSA) is 89.3 Å². The van der Waals surface area contributed by atoms with Crippen molar-refractivity contribution in [3.8, 4) is 0 Å². The molecule has 5 aliphatic rings. The van der Waals surface area contributed by atoms with Crippen LogP contribution in [0, 0.1) is 33.5 Å². The minimum absolute atomic E-state index is 0.0266. The molecule has 0 bridgehead atoms. The van der Waals surface area contributed by atoms with Gasteiger partial charge in [-0.1, -0.05) is 40.7 Å². The van der Waals surface area contributed by atoms with Gasteiger partial charge < -0.3 is 19.0 Å². The Morgan fingerprint density at radius 1 is 1.06 bits per heavy atom. The molecule has 4 fully saturated rings. The van der Waals surface area contributed by atoms with E-state index in [1.807, 2.05) is 19.9 Å². The molecule has 2 saturated heterocycles. The first-order valence-electron chi connectivity index (χ1n) is 11.8. The summed E-state index contributed by atoms with van der Waals surface area (Å²) in [7, 11) is 0. The van der Waals surface area contributed by atoms with E-state index in [1.165, 1.54) is 0 Å². The van der Waals surface area contributed by atoms with Crippen molar-refractivity contribution >= 4 is 11.8 Å². The fourth-order valence-electron chi connectivity index (χ4n) is 8.86. The summed E-state index contributed by atoms with van der Waals surface area (Å²) >= 11 is 0. The van der Waals surface area contributed by atoms with Gasteiger partial charge in [0.2, 0.25) is 0 Å². The summed E-state index contributed by atoms with van der Waals surface area (Å²) in [5.41, 5.74) is -1.95. The van der Waals surface area contributed by atoms with Gasteiger partial charge in [-0.25, -0.2) is 4.79 Å². The highest BCUT2D eigenvalue weighted by Crippen LogP contribution is 2.79. The van der Waals surface area contributed by atoms with Crippen molar-refractivity contribution < 1.29 is 28.6 Å². The summed E-state index contributed by atoms with van der Waals surface area (Å²) < 4.78 is 17.6. The van der Waals surface area contributed by atoms with E-state index >= 15 is 0 Å². The first-order valence-corrected chi connectivity index (χ1v) is 11.8. The van der Waals surface area contributed by atoms with E-state index in [9.17, 15) is 14.7 Å². The summed E-state index contributed by atoms with van der Waals surface area (Å²) in [6.45, 7) is 10.5. The number of fused-ring (bicyclic) bond motifs is 3. The maximum Gasteiger partial charge on any atom is 0.339 e. The van der Waals surface area contributed by atoms with Crippen LogP contribution in [-0.2, 0) is 19.1 Å². The number of aliphatic hydroxyl groups is 1.